The molecular formula is C23H22BrF2N3O4. The van der Waals surface area contributed by atoms with Crippen LogP contribution in [0.25, 0.3) is 5.69 Å². The van der Waals surface area contributed by atoms with Crippen molar-refractivity contribution < 1.29 is 23.4 Å². The molecule has 0 saturated carbocycles. The van der Waals surface area contributed by atoms with E-state index < -0.39 is 22.8 Å². The van der Waals surface area contributed by atoms with E-state index in [1.807, 2.05) is 0 Å². The van der Waals surface area contributed by atoms with Gasteiger partial charge >= 0.3 is 0 Å². The topological polar surface area (TPSA) is 93.5 Å². The lowest BCUT2D eigenvalue weighted by atomic mass is 9.94. The van der Waals surface area contributed by atoms with Crippen molar-refractivity contribution in [3.05, 3.63) is 85.4 Å². The van der Waals surface area contributed by atoms with Gasteiger partial charge in [-0.15, -0.1) is 0 Å². The first-order valence-electron chi connectivity index (χ1n) is 9.89. The minimum absolute atomic E-state index is 0.0392. The molecule has 0 aliphatic rings. The number of ether oxygens (including phenoxy) is 1. The van der Waals surface area contributed by atoms with Crippen LogP contribution >= 0.6 is 15.9 Å². The summed E-state index contributed by atoms with van der Waals surface area (Å²) in [5.74, 6) is -1.73. The lowest BCUT2D eigenvalue weighted by molar-refractivity contribution is 0.0783. The largest absolute Gasteiger partial charge is 0.472 e. The molecule has 0 saturated heterocycles. The van der Waals surface area contributed by atoms with E-state index in [1.54, 1.807) is 32.9 Å². The van der Waals surface area contributed by atoms with Crippen LogP contribution < -0.4 is 15.6 Å². The van der Waals surface area contributed by atoms with E-state index in [0.29, 0.717) is 5.56 Å². The average molecular weight is 522 g/mol. The Morgan fingerprint density at radius 3 is 2.55 bits per heavy atom. The summed E-state index contributed by atoms with van der Waals surface area (Å²) in [5.41, 5.74) is -0.836. The van der Waals surface area contributed by atoms with E-state index >= 15 is 0 Å². The molecule has 0 unspecified atom stereocenters. The number of halogens is 3. The highest BCUT2D eigenvalue weighted by molar-refractivity contribution is 9.10. The number of carbonyl (C=O) groups is 1. The third kappa shape index (κ3) is 5.12. The van der Waals surface area contributed by atoms with Gasteiger partial charge in [-0.2, -0.15) is 4.98 Å². The van der Waals surface area contributed by atoms with Gasteiger partial charge in [-0.3, -0.25) is 14.2 Å². The molecule has 33 heavy (non-hydrogen) atoms. The quantitative estimate of drug-likeness (QED) is 0.515. The number of hydrogen-bond donors (Lipinski definition) is 2. The molecule has 1 amide bonds. The summed E-state index contributed by atoms with van der Waals surface area (Å²) < 4.78 is 33.8. The van der Waals surface area contributed by atoms with Crippen molar-refractivity contribution >= 4 is 21.8 Å². The SMILES string of the molecule is CNC(=O)c1ccc(C(C)(C)O)c(-n2c(C)nc(OCc3ccc(F)cc3F)c(Br)c2=O)c1. The molecule has 2 aromatic carbocycles. The molecule has 0 bridgehead atoms. The van der Waals surface area contributed by atoms with Gasteiger partial charge in [-0.25, -0.2) is 8.78 Å². The Hall–Kier alpha value is -3.11. The minimum Gasteiger partial charge on any atom is -0.472 e. The zero-order chi connectivity index (χ0) is 24.5. The van der Waals surface area contributed by atoms with Crippen molar-refractivity contribution in [3.8, 4) is 11.6 Å². The summed E-state index contributed by atoms with van der Waals surface area (Å²) in [4.78, 5) is 29.7. The maximum Gasteiger partial charge on any atom is 0.276 e. The molecule has 3 aromatic rings. The average Bonchev–Trinajstić information content (AvgIpc) is 2.75. The summed E-state index contributed by atoms with van der Waals surface area (Å²) >= 11 is 3.19. The van der Waals surface area contributed by atoms with E-state index in [-0.39, 0.29) is 45.5 Å². The molecule has 2 N–H and O–H groups in total. The molecule has 1 heterocycles. The van der Waals surface area contributed by atoms with Crippen LogP contribution in [0.2, 0.25) is 0 Å². The highest BCUT2D eigenvalue weighted by Gasteiger charge is 2.25. The second-order valence-corrected chi connectivity index (χ2v) is 8.61. The number of nitrogens with zero attached hydrogens (tertiary/aromatic N) is 2. The smallest absolute Gasteiger partial charge is 0.276 e. The Bertz CT molecular complexity index is 1290. The molecule has 174 valence electrons. The highest BCUT2D eigenvalue weighted by Crippen LogP contribution is 2.29. The standard InChI is InChI=1S/C23H22BrF2N3O4/c1-12-28-21(33-11-14-5-7-15(25)10-17(14)26)19(24)22(31)29(12)18-9-13(20(30)27-4)6-8-16(18)23(2,3)32/h5-10,32H,11H2,1-4H3,(H,27,30). The molecule has 0 spiro atoms. The Morgan fingerprint density at radius 2 is 1.94 bits per heavy atom. The van der Waals surface area contributed by atoms with Crippen LogP contribution in [0.1, 0.15) is 41.2 Å². The maximum atomic E-state index is 13.9. The molecule has 0 radical (unpaired) electrons. The third-order valence-electron chi connectivity index (χ3n) is 4.93. The lowest BCUT2D eigenvalue weighted by Gasteiger charge is -2.24. The summed E-state index contributed by atoms with van der Waals surface area (Å²) in [6.07, 6.45) is 0. The molecule has 1 aromatic heterocycles. The van der Waals surface area contributed by atoms with Gasteiger partial charge in [0.25, 0.3) is 11.5 Å². The Morgan fingerprint density at radius 1 is 1.24 bits per heavy atom. The van der Waals surface area contributed by atoms with Gasteiger partial charge in [0.1, 0.15) is 28.5 Å². The summed E-state index contributed by atoms with van der Waals surface area (Å²) in [6.45, 7) is 4.40. The number of rotatable bonds is 6. The molecule has 10 heteroatoms. The Kier molecular flexibility index (Phi) is 6.99. The molecule has 0 atom stereocenters. The van der Waals surface area contributed by atoms with Crippen molar-refractivity contribution in [2.24, 2.45) is 0 Å². The molecule has 7 nitrogen and oxygen atoms in total. The van der Waals surface area contributed by atoms with E-state index in [1.165, 1.54) is 23.7 Å². The van der Waals surface area contributed by atoms with Crippen LogP contribution in [0.15, 0.2) is 45.7 Å². The van der Waals surface area contributed by atoms with Gasteiger partial charge in [0, 0.05) is 29.8 Å². The first kappa shape index (κ1) is 24.5. The number of amides is 1. The van der Waals surface area contributed by atoms with Gasteiger partial charge < -0.3 is 15.2 Å². The molecular weight excluding hydrogens is 500 g/mol. The van der Waals surface area contributed by atoms with E-state index in [9.17, 15) is 23.5 Å². The number of aliphatic hydroxyl groups is 1. The second-order valence-electron chi connectivity index (χ2n) is 7.81. The van der Waals surface area contributed by atoms with E-state index in [2.05, 4.69) is 26.2 Å². The number of hydrogen-bond acceptors (Lipinski definition) is 5. The number of carbonyl (C=O) groups excluding carboxylic acids is 1. The zero-order valence-corrected chi connectivity index (χ0v) is 20.0. The normalized spacial score (nSPS) is 11.4. The first-order valence-corrected chi connectivity index (χ1v) is 10.7. The van der Waals surface area contributed by atoms with Crippen LogP contribution in [0.4, 0.5) is 8.78 Å². The fraction of sp³-hybridized carbons (Fsp3) is 0.261. The molecule has 0 fully saturated rings. The number of benzene rings is 2. The fourth-order valence-electron chi connectivity index (χ4n) is 3.27. The molecule has 0 aliphatic carbocycles. The van der Waals surface area contributed by atoms with Gasteiger partial charge in [0.15, 0.2) is 0 Å². The van der Waals surface area contributed by atoms with Crippen LogP contribution in [-0.2, 0) is 12.2 Å². The molecule has 0 aliphatic heterocycles. The van der Waals surface area contributed by atoms with Crippen LogP contribution in [0.3, 0.4) is 0 Å². The van der Waals surface area contributed by atoms with Crippen molar-refractivity contribution in [2.75, 3.05) is 7.05 Å². The summed E-state index contributed by atoms with van der Waals surface area (Å²) in [7, 11) is 1.48. The van der Waals surface area contributed by atoms with E-state index in [0.717, 1.165) is 12.1 Å². The Labute approximate surface area is 197 Å². The molecule has 3 rings (SSSR count). The summed E-state index contributed by atoms with van der Waals surface area (Å²) in [5, 5.41) is 13.2. The predicted octanol–water partition coefficient (Wildman–Crippen LogP) is 3.75. The second kappa shape index (κ2) is 9.40. The Balaban J connectivity index is 2.09. The zero-order valence-electron chi connectivity index (χ0n) is 18.4. The van der Waals surface area contributed by atoms with Gasteiger partial charge in [0.2, 0.25) is 5.88 Å². The third-order valence-corrected chi connectivity index (χ3v) is 5.61. The number of aromatic nitrogens is 2. The monoisotopic (exact) mass is 521 g/mol. The van der Waals surface area contributed by atoms with Crippen LogP contribution in [0.5, 0.6) is 5.88 Å². The van der Waals surface area contributed by atoms with Crippen molar-refractivity contribution in [1.29, 1.82) is 0 Å². The van der Waals surface area contributed by atoms with Gasteiger partial charge in [0.05, 0.1) is 11.3 Å². The van der Waals surface area contributed by atoms with Crippen molar-refractivity contribution in [2.45, 2.75) is 33.0 Å². The van der Waals surface area contributed by atoms with Crippen molar-refractivity contribution in [1.82, 2.24) is 14.9 Å². The first-order chi connectivity index (χ1) is 15.4. The van der Waals surface area contributed by atoms with Crippen LogP contribution in [-0.4, -0.2) is 27.6 Å². The minimum atomic E-state index is -1.33. The van der Waals surface area contributed by atoms with Crippen molar-refractivity contribution in [3.63, 3.8) is 0 Å². The van der Waals surface area contributed by atoms with Gasteiger partial charge in [-0.1, -0.05) is 6.07 Å². The number of nitrogens with one attached hydrogen (secondary N) is 1. The predicted molar refractivity (Wildman–Crippen MR) is 122 cm³/mol. The summed E-state index contributed by atoms with van der Waals surface area (Å²) in [6, 6.07) is 7.69. The van der Waals surface area contributed by atoms with Crippen LogP contribution in [0, 0.1) is 18.6 Å². The highest BCUT2D eigenvalue weighted by atomic mass is 79.9. The lowest BCUT2D eigenvalue weighted by Crippen LogP contribution is -2.28. The van der Waals surface area contributed by atoms with Gasteiger partial charge in [-0.05, 0) is 61.0 Å². The fourth-order valence-corrected chi connectivity index (χ4v) is 3.65. The maximum absolute atomic E-state index is 13.9. The van der Waals surface area contributed by atoms with E-state index in [4.69, 9.17) is 4.74 Å². The number of aryl methyl sites for hydroxylation is 1.